The number of imidazole rings is 2. The van der Waals surface area contributed by atoms with E-state index in [4.69, 9.17) is 14.7 Å². The third-order valence-electron chi connectivity index (χ3n) is 11.1. The summed E-state index contributed by atoms with van der Waals surface area (Å²) < 4.78 is 6.41. The van der Waals surface area contributed by atoms with Crippen molar-refractivity contribution >= 4 is 33.6 Å². The number of amides is 2. The fourth-order valence-corrected chi connectivity index (χ4v) is 8.58. The van der Waals surface area contributed by atoms with Crippen LogP contribution >= 0.6 is 0 Å². The van der Waals surface area contributed by atoms with Gasteiger partial charge < -0.3 is 24.5 Å². The molecule has 5 heterocycles. The lowest BCUT2D eigenvalue weighted by Crippen LogP contribution is -2.37. The first-order valence-corrected chi connectivity index (χ1v) is 18.3. The summed E-state index contributed by atoms with van der Waals surface area (Å²) in [6.45, 7) is 8.90. The van der Waals surface area contributed by atoms with E-state index < -0.39 is 0 Å². The second-order valence-corrected chi connectivity index (χ2v) is 14.2. The van der Waals surface area contributed by atoms with Crippen LogP contribution in [0.5, 0.6) is 5.75 Å². The van der Waals surface area contributed by atoms with Gasteiger partial charge in [0, 0.05) is 35.9 Å². The quantitative estimate of drug-likeness (QED) is 0.173. The van der Waals surface area contributed by atoms with E-state index in [0.29, 0.717) is 19.4 Å². The Morgan fingerprint density at radius 3 is 2.43 bits per heavy atom. The van der Waals surface area contributed by atoms with Gasteiger partial charge in [0.15, 0.2) is 0 Å². The van der Waals surface area contributed by atoms with Gasteiger partial charge in [0.1, 0.15) is 24.0 Å². The molecule has 2 saturated heterocycles. The highest BCUT2D eigenvalue weighted by Crippen LogP contribution is 2.44. The number of hydrogen-bond acceptors (Lipinski definition) is 5. The van der Waals surface area contributed by atoms with Crippen molar-refractivity contribution in [1.82, 2.24) is 29.7 Å². The zero-order valence-corrected chi connectivity index (χ0v) is 29.0. The summed E-state index contributed by atoms with van der Waals surface area (Å²) in [6, 6.07) is 15.6. The van der Waals surface area contributed by atoms with Crippen molar-refractivity contribution in [2.24, 2.45) is 0 Å². The van der Waals surface area contributed by atoms with Gasteiger partial charge in [-0.05, 0) is 98.2 Å². The fourth-order valence-electron chi connectivity index (χ4n) is 8.58. The van der Waals surface area contributed by atoms with Gasteiger partial charge in [-0.15, -0.1) is 0 Å². The van der Waals surface area contributed by atoms with Gasteiger partial charge in [0.05, 0.1) is 35.0 Å². The van der Waals surface area contributed by atoms with Crippen LogP contribution in [0.1, 0.15) is 115 Å². The second-order valence-electron chi connectivity index (χ2n) is 14.2. The SMILES string of the molecule is CCCC(=O)N1[C@@H](CC)CC[C@H]1c1nc2ccc3cc4c(cc3c2[nH]1)OCc1cc(-c2cnc([C@@H]3CC[C@H](C)N3C(=O)CCC)[nH]2)ccc1-4. The second kappa shape index (κ2) is 12.7. The van der Waals surface area contributed by atoms with E-state index in [1.807, 2.05) is 11.1 Å². The molecule has 3 aliphatic rings. The first-order valence-electron chi connectivity index (χ1n) is 18.3. The first-order chi connectivity index (χ1) is 23.9. The number of carbonyl (C=O) groups is 2. The average Bonchev–Trinajstić information content (AvgIpc) is 3.92. The van der Waals surface area contributed by atoms with Gasteiger partial charge in [-0.2, -0.15) is 0 Å². The number of rotatable bonds is 8. The van der Waals surface area contributed by atoms with Crippen molar-refractivity contribution in [2.75, 3.05) is 0 Å². The van der Waals surface area contributed by atoms with Gasteiger partial charge in [-0.3, -0.25) is 9.59 Å². The number of benzene rings is 3. The fraction of sp³-hybridized carbons (Fsp3) is 0.450. The van der Waals surface area contributed by atoms with Gasteiger partial charge in [0.2, 0.25) is 11.8 Å². The van der Waals surface area contributed by atoms with E-state index in [9.17, 15) is 9.59 Å². The number of aromatic nitrogens is 4. The number of aromatic amines is 2. The third kappa shape index (κ3) is 5.38. The maximum atomic E-state index is 13.2. The standard InChI is InChI=1S/C40H46N6O3/c1-5-8-36(47)45-23(4)10-16-33(45)39-41-21-32(43-39)25-11-14-28-26(18-25)22-49-35-20-29-24(19-30(28)35)12-15-31-38(29)44-40(42-31)34-17-13-27(7-3)46(34)37(48)9-6-2/h11-12,14-15,18-21,23,27,33-34H,5-10,13,16-17,22H2,1-4H3,(H,41,43)(H,42,44)/t23-,27-,33-,34-/m0/s1. The molecule has 0 bridgehead atoms. The Bertz CT molecular complexity index is 2060. The van der Waals surface area contributed by atoms with Gasteiger partial charge in [-0.25, -0.2) is 9.97 Å². The summed E-state index contributed by atoms with van der Waals surface area (Å²) in [4.78, 5) is 47.2. The molecule has 9 nitrogen and oxygen atoms in total. The molecule has 254 valence electrons. The normalized spacial score (nSPS) is 21.7. The lowest BCUT2D eigenvalue weighted by molar-refractivity contribution is -0.135. The number of nitrogens with zero attached hydrogens (tertiary/aromatic N) is 4. The summed E-state index contributed by atoms with van der Waals surface area (Å²) in [7, 11) is 0. The molecular formula is C40H46N6O3. The lowest BCUT2D eigenvalue weighted by Gasteiger charge is -2.29. The van der Waals surface area contributed by atoms with Crippen LogP contribution in [-0.4, -0.2) is 53.6 Å². The summed E-state index contributed by atoms with van der Waals surface area (Å²) in [5, 5.41) is 2.19. The van der Waals surface area contributed by atoms with Crippen LogP contribution in [0.4, 0.5) is 0 Å². The minimum Gasteiger partial charge on any atom is -0.488 e. The molecule has 2 amide bonds. The molecule has 49 heavy (non-hydrogen) atoms. The number of likely N-dealkylation sites (tertiary alicyclic amines) is 2. The van der Waals surface area contributed by atoms with Crippen LogP contribution in [0.15, 0.2) is 48.7 Å². The number of hydrogen-bond donors (Lipinski definition) is 2. The maximum absolute atomic E-state index is 13.2. The number of fused-ring (bicyclic) bond motifs is 6. The molecular weight excluding hydrogens is 612 g/mol. The lowest BCUT2D eigenvalue weighted by atomic mass is 9.92. The first kappa shape index (κ1) is 31.6. The van der Waals surface area contributed by atoms with E-state index in [1.54, 1.807) is 0 Å². The van der Waals surface area contributed by atoms with Crippen LogP contribution in [0, 0.1) is 0 Å². The highest BCUT2D eigenvalue weighted by molar-refractivity contribution is 6.07. The van der Waals surface area contributed by atoms with Crippen LogP contribution < -0.4 is 4.74 Å². The third-order valence-corrected chi connectivity index (χ3v) is 11.1. The summed E-state index contributed by atoms with van der Waals surface area (Å²) in [5.74, 6) is 3.04. The van der Waals surface area contributed by atoms with Crippen molar-refractivity contribution in [2.45, 2.75) is 116 Å². The highest BCUT2D eigenvalue weighted by atomic mass is 16.5. The predicted octanol–water partition coefficient (Wildman–Crippen LogP) is 8.76. The molecule has 8 rings (SSSR count). The van der Waals surface area contributed by atoms with Crippen molar-refractivity contribution in [3.63, 3.8) is 0 Å². The van der Waals surface area contributed by atoms with Crippen molar-refractivity contribution in [1.29, 1.82) is 0 Å². The molecule has 2 N–H and O–H groups in total. The predicted molar refractivity (Wildman–Crippen MR) is 192 cm³/mol. The Labute approximate surface area is 287 Å². The largest absolute Gasteiger partial charge is 0.488 e. The topological polar surface area (TPSA) is 107 Å². The van der Waals surface area contributed by atoms with Crippen molar-refractivity contribution < 1.29 is 14.3 Å². The molecule has 2 aromatic heterocycles. The van der Waals surface area contributed by atoms with Gasteiger partial charge in [0.25, 0.3) is 0 Å². The minimum atomic E-state index is -0.0171. The molecule has 9 heteroatoms. The molecule has 3 aliphatic heterocycles. The molecule has 0 unspecified atom stereocenters. The molecule has 4 atom stereocenters. The van der Waals surface area contributed by atoms with Gasteiger partial charge in [-0.1, -0.05) is 39.0 Å². The Kier molecular flexibility index (Phi) is 8.16. The number of nitrogens with one attached hydrogen (secondary N) is 2. The molecule has 0 radical (unpaired) electrons. The summed E-state index contributed by atoms with van der Waals surface area (Å²) in [5.41, 5.74) is 7.28. The molecule has 5 aromatic rings. The Morgan fingerprint density at radius 2 is 1.63 bits per heavy atom. The maximum Gasteiger partial charge on any atom is 0.223 e. The van der Waals surface area contributed by atoms with Crippen LogP contribution in [0.2, 0.25) is 0 Å². The highest BCUT2D eigenvalue weighted by Gasteiger charge is 2.38. The zero-order valence-electron chi connectivity index (χ0n) is 29.0. The van der Waals surface area contributed by atoms with E-state index in [-0.39, 0.29) is 36.0 Å². The summed E-state index contributed by atoms with van der Waals surface area (Å²) in [6.07, 6.45) is 9.57. The molecule has 0 aliphatic carbocycles. The zero-order chi connectivity index (χ0) is 33.8. The molecule has 3 aromatic carbocycles. The number of carbonyl (C=O) groups excluding carboxylic acids is 2. The smallest absolute Gasteiger partial charge is 0.223 e. The van der Waals surface area contributed by atoms with Crippen molar-refractivity contribution in [3.8, 4) is 28.1 Å². The van der Waals surface area contributed by atoms with Crippen LogP contribution in [0.25, 0.3) is 44.2 Å². The summed E-state index contributed by atoms with van der Waals surface area (Å²) >= 11 is 0. The Balaban J connectivity index is 1.09. The monoisotopic (exact) mass is 658 g/mol. The number of ether oxygens (including phenoxy) is 1. The van der Waals surface area contributed by atoms with Crippen molar-refractivity contribution in [3.05, 3.63) is 65.9 Å². The molecule has 2 fully saturated rings. The van der Waals surface area contributed by atoms with E-state index in [0.717, 1.165) is 107 Å². The minimum absolute atomic E-state index is 0.00440. The van der Waals surface area contributed by atoms with Gasteiger partial charge >= 0.3 is 0 Å². The number of H-pyrrole nitrogens is 2. The van der Waals surface area contributed by atoms with Crippen LogP contribution in [0.3, 0.4) is 0 Å². The van der Waals surface area contributed by atoms with Crippen LogP contribution in [-0.2, 0) is 16.2 Å². The Hall–Kier alpha value is -4.66. The van der Waals surface area contributed by atoms with E-state index >= 15 is 0 Å². The average molecular weight is 659 g/mol. The Morgan fingerprint density at radius 1 is 0.857 bits per heavy atom. The van der Waals surface area contributed by atoms with E-state index in [1.165, 1.54) is 5.56 Å². The van der Waals surface area contributed by atoms with E-state index in [2.05, 4.69) is 85.0 Å². The molecule has 0 spiro atoms. The molecule has 0 saturated carbocycles.